The van der Waals surface area contributed by atoms with Gasteiger partial charge in [0.1, 0.15) is 6.54 Å². The number of pyridine rings is 1. The Morgan fingerprint density at radius 3 is 3.00 bits per heavy atom. The lowest BCUT2D eigenvalue weighted by atomic mass is 10.0. The van der Waals surface area contributed by atoms with E-state index in [2.05, 4.69) is 15.3 Å². The van der Waals surface area contributed by atoms with E-state index in [-0.39, 0.29) is 11.8 Å². The largest absolute Gasteiger partial charge is 0.481 e. The van der Waals surface area contributed by atoms with Crippen LogP contribution in [0.4, 0.5) is 0 Å². The van der Waals surface area contributed by atoms with Crippen molar-refractivity contribution in [3.05, 3.63) is 29.6 Å². The summed E-state index contributed by atoms with van der Waals surface area (Å²) in [5.74, 6) is 4.25. The van der Waals surface area contributed by atoms with Crippen LogP contribution in [0.15, 0.2) is 28.5 Å². The zero-order valence-electron chi connectivity index (χ0n) is 9.99. The summed E-state index contributed by atoms with van der Waals surface area (Å²) in [7, 11) is 0. The average Bonchev–Trinajstić information content (AvgIpc) is 2.86. The molecule has 1 aromatic heterocycles. The number of nitrogens with zero attached hydrogens (tertiary/aromatic N) is 3. The Labute approximate surface area is 105 Å². The molecule has 1 heterocycles. The Bertz CT molecular complexity index is 461. The molecule has 3 N–H and O–H groups in total. The van der Waals surface area contributed by atoms with E-state index in [9.17, 15) is 4.79 Å². The maximum atomic E-state index is 10.9. The fraction of sp³-hybridized carbons (Fsp3) is 0.500. The first-order chi connectivity index (χ1) is 8.70. The van der Waals surface area contributed by atoms with Crippen LogP contribution in [0.25, 0.3) is 0 Å². The molecule has 0 aromatic carbocycles. The van der Waals surface area contributed by atoms with Gasteiger partial charge >= 0.3 is 5.97 Å². The Kier molecular flexibility index (Phi) is 3.86. The lowest BCUT2D eigenvalue weighted by Gasteiger charge is -2.09. The second-order valence-electron chi connectivity index (χ2n) is 4.51. The first-order valence-corrected chi connectivity index (χ1v) is 5.96. The van der Waals surface area contributed by atoms with Gasteiger partial charge in [-0.1, -0.05) is 11.3 Å². The van der Waals surface area contributed by atoms with Gasteiger partial charge in [0.25, 0.3) is 0 Å². The molecule has 2 atom stereocenters. The van der Waals surface area contributed by atoms with Crippen LogP contribution in [-0.2, 0) is 11.3 Å². The highest BCUT2D eigenvalue weighted by atomic mass is 16.4. The highest BCUT2D eigenvalue weighted by molar-refractivity contribution is 5.70. The number of hydrogen-bond donors (Lipinski definition) is 2. The number of rotatable bonds is 4. The first-order valence-electron chi connectivity index (χ1n) is 5.96. The van der Waals surface area contributed by atoms with Crippen molar-refractivity contribution in [2.45, 2.75) is 31.7 Å². The number of hydrogen-bond acceptors (Lipinski definition) is 4. The number of aromatic nitrogens is 1. The summed E-state index contributed by atoms with van der Waals surface area (Å²) < 4.78 is 0. The standard InChI is InChI=1S/C12H16N4O2/c13-16-14-7-10-2-1-3-11(15-10)8-4-5-9(6-8)12(17)18/h1-3,8-9H,4-7H2,(H2,13,14)(H,17,18). The maximum absolute atomic E-state index is 10.9. The molecular weight excluding hydrogens is 232 g/mol. The Morgan fingerprint density at radius 1 is 1.50 bits per heavy atom. The second-order valence-corrected chi connectivity index (χ2v) is 4.51. The van der Waals surface area contributed by atoms with Crippen LogP contribution in [-0.4, -0.2) is 16.1 Å². The summed E-state index contributed by atoms with van der Waals surface area (Å²) in [5.41, 5.74) is 1.75. The monoisotopic (exact) mass is 248 g/mol. The molecule has 96 valence electrons. The van der Waals surface area contributed by atoms with Crippen LogP contribution < -0.4 is 5.84 Å². The molecule has 0 bridgehead atoms. The van der Waals surface area contributed by atoms with Gasteiger partial charge in [-0.3, -0.25) is 9.78 Å². The molecule has 6 nitrogen and oxygen atoms in total. The van der Waals surface area contributed by atoms with Crippen molar-refractivity contribution in [2.24, 2.45) is 22.1 Å². The van der Waals surface area contributed by atoms with E-state index < -0.39 is 5.97 Å². The van der Waals surface area contributed by atoms with Crippen LogP contribution in [0.2, 0.25) is 0 Å². The third-order valence-corrected chi connectivity index (χ3v) is 3.34. The van der Waals surface area contributed by atoms with Crippen molar-refractivity contribution in [3.8, 4) is 0 Å². The van der Waals surface area contributed by atoms with Crippen LogP contribution in [0.5, 0.6) is 0 Å². The fourth-order valence-electron chi connectivity index (χ4n) is 2.40. The number of carboxylic acids is 1. The molecule has 2 unspecified atom stereocenters. The van der Waals surface area contributed by atoms with Gasteiger partial charge in [-0.15, -0.1) is 0 Å². The second kappa shape index (κ2) is 5.57. The smallest absolute Gasteiger partial charge is 0.306 e. The normalized spacial score (nSPS) is 23.6. The summed E-state index contributed by atoms with van der Waals surface area (Å²) in [5, 5.41) is 15.9. The van der Waals surface area contributed by atoms with Gasteiger partial charge in [0.2, 0.25) is 0 Å². The third-order valence-electron chi connectivity index (χ3n) is 3.34. The molecule has 0 saturated heterocycles. The van der Waals surface area contributed by atoms with Crippen molar-refractivity contribution in [2.75, 3.05) is 0 Å². The minimum Gasteiger partial charge on any atom is -0.481 e. The van der Waals surface area contributed by atoms with Gasteiger partial charge in [-0.2, -0.15) is 5.11 Å². The molecule has 6 heteroatoms. The Morgan fingerprint density at radius 2 is 2.33 bits per heavy atom. The van der Waals surface area contributed by atoms with Crippen molar-refractivity contribution >= 4 is 5.97 Å². The molecule has 0 aliphatic heterocycles. The molecule has 1 aromatic rings. The molecule has 1 fully saturated rings. The molecular formula is C12H16N4O2. The van der Waals surface area contributed by atoms with Gasteiger partial charge in [0.15, 0.2) is 0 Å². The molecule has 0 spiro atoms. The number of carbonyl (C=O) groups is 1. The Balaban J connectivity index is 2.07. The van der Waals surface area contributed by atoms with Crippen molar-refractivity contribution in [1.82, 2.24) is 4.98 Å². The van der Waals surface area contributed by atoms with E-state index in [1.54, 1.807) is 0 Å². The van der Waals surface area contributed by atoms with Crippen LogP contribution in [0, 0.1) is 5.92 Å². The predicted molar refractivity (Wildman–Crippen MR) is 64.7 cm³/mol. The van der Waals surface area contributed by atoms with Gasteiger partial charge in [-0.25, -0.2) is 0 Å². The summed E-state index contributed by atoms with van der Waals surface area (Å²) in [6.07, 6.45) is 2.28. The minimum atomic E-state index is -0.703. The van der Waals surface area contributed by atoms with E-state index >= 15 is 0 Å². The first kappa shape index (κ1) is 12.5. The van der Waals surface area contributed by atoms with E-state index in [0.29, 0.717) is 13.0 Å². The maximum Gasteiger partial charge on any atom is 0.306 e. The number of carboxylic acid groups (broad SMARTS) is 1. The molecule has 0 amide bonds. The van der Waals surface area contributed by atoms with Gasteiger partial charge in [-0.05, 0) is 31.4 Å². The van der Waals surface area contributed by atoms with Gasteiger partial charge in [0.05, 0.1) is 11.6 Å². The SMILES string of the molecule is NN=NCc1cccc(C2CCC(C(=O)O)C2)n1. The summed E-state index contributed by atoms with van der Waals surface area (Å²) in [4.78, 5) is 15.4. The summed E-state index contributed by atoms with van der Waals surface area (Å²) in [6, 6.07) is 5.72. The summed E-state index contributed by atoms with van der Waals surface area (Å²) in [6.45, 7) is 0.361. The molecule has 18 heavy (non-hydrogen) atoms. The predicted octanol–water partition coefficient (Wildman–Crippen LogP) is 1.88. The van der Waals surface area contributed by atoms with Gasteiger partial charge in [0, 0.05) is 11.6 Å². The number of nitrogens with two attached hydrogens (primary N) is 1. The van der Waals surface area contributed by atoms with Crippen molar-refractivity contribution in [1.29, 1.82) is 0 Å². The highest BCUT2D eigenvalue weighted by Gasteiger charge is 2.31. The fourth-order valence-corrected chi connectivity index (χ4v) is 2.40. The van der Waals surface area contributed by atoms with Gasteiger partial charge < -0.3 is 10.9 Å². The van der Waals surface area contributed by atoms with E-state index in [4.69, 9.17) is 10.9 Å². The number of aliphatic carboxylic acids is 1. The van der Waals surface area contributed by atoms with Crippen LogP contribution in [0.1, 0.15) is 36.6 Å². The van der Waals surface area contributed by atoms with E-state index in [0.717, 1.165) is 24.2 Å². The minimum absolute atomic E-state index is 0.232. The molecule has 1 saturated carbocycles. The lowest BCUT2D eigenvalue weighted by molar-refractivity contribution is -0.141. The average molecular weight is 248 g/mol. The summed E-state index contributed by atoms with van der Waals surface area (Å²) >= 11 is 0. The molecule has 1 aliphatic rings. The molecule has 2 rings (SSSR count). The van der Waals surface area contributed by atoms with E-state index in [1.165, 1.54) is 0 Å². The highest BCUT2D eigenvalue weighted by Crippen LogP contribution is 2.37. The van der Waals surface area contributed by atoms with Crippen molar-refractivity contribution < 1.29 is 9.90 Å². The van der Waals surface area contributed by atoms with Crippen LogP contribution >= 0.6 is 0 Å². The molecule has 0 radical (unpaired) electrons. The Hall–Kier alpha value is -1.98. The van der Waals surface area contributed by atoms with Crippen LogP contribution in [0.3, 0.4) is 0 Å². The van der Waals surface area contributed by atoms with E-state index in [1.807, 2.05) is 18.2 Å². The third kappa shape index (κ3) is 2.82. The zero-order valence-corrected chi connectivity index (χ0v) is 9.99. The zero-order chi connectivity index (χ0) is 13.0. The quantitative estimate of drug-likeness (QED) is 0.482. The molecule has 1 aliphatic carbocycles. The van der Waals surface area contributed by atoms with Crippen molar-refractivity contribution in [3.63, 3.8) is 0 Å². The topological polar surface area (TPSA) is 101 Å². The lowest BCUT2D eigenvalue weighted by Crippen LogP contribution is -2.09.